The van der Waals surface area contributed by atoms with E-state index < -0.39 is 102 Å². The normalized spacial score (nSPS) is 33.4. The Morgan fingerprint density at radius 1 is 0.646 bits per heavy atom. The molecule has 2 N–H and O–H groups in total. The first kappa shape index (κ1) is 38.6. The molecule has 0 radical (unpaired) electrons. The Morgan fingerprint density at radius 3 is 1.38 bits per heavy atom. The van der Waals surface area contributed by atoms with Crippen molar-refractivity contribution in [3.8, 4) is 0 Å². The summed E-state index contributed by atoms with van der Waals surface area (Å²) in [7, 11) is 0. The highest BCUT2D eigenvalue weighted by Crippen LogP contribution is 2.61. The summed E-state index contributed by atoms with van der Waals surface area (Å²) >= 11 is 0. The van der Waals surface area contributed by atoms with Crippen LogP contribution < -0.4 is 0 Å². The molecular weight excluding hydrogens is 688 g/mol. The van der Waals surface area contributed by atoms with E-state index in [0.717, 1.165) is 0 Å². The fourth-order valence-electron chi connectivity index (χ4n) is 8.44. The maximum atomic E-state index is 13.7. The van der Waals surface area contributed by atoms with Crippen LogP contribution in [0.5, 0.6) is 0 Å². The second-order valence-corrected chi connectivity index (χ2v) is 14.7. The lowest BCUT2D eigenvalue weighted by atomic mass is 9.52. The molecule has 0 heterocycles. The smallest absolute Gasteiger partial charge is 0.458 e. The van der Waals surface area contributed by atoms with Crippen molar-refractivity contribution < 1.29 is 86.7 Å². The highest BCUT2D eigenvalue weighted by Gasteiger charge is 2.78. The number of carbonyl (C=O) groups excluding carboxylic acids is 2. The van der Waals surface area contributed by atoms with Crippen LogP contribution in [-0.2, 0) is 19.0 Å². The van der Waals surface area contributed by atoms with Gasteiger partial charge in [0.1, 0.15) is 17.3 Å². The van der Waals surface area contributed by atoms with E-state index in [9.17, 15) is 72.5 Å². The second-order valence-electron chi connectivity index (χ2n) is 14.7. The van der Waals surface area contributed by atoms with E-state index in [4.69, 9.17) is 14.2 Å². The summed E-state index contributed by atoms with van der Waals surface area (Å²) in [6.07, 6.45) is -34.4. The van der Waals surface area contributed by atoms with Crippen molar-refractivity contribution in [2.75, 3.05) is 0 Å². The molecule has 0 spiro atoms. The highest BCUT2D eigenvalue weighted by atomic mass is 19.4. The molecule has 19 heteroatoms. The summed E-state index contributed by atoms with van der Waals surface area (Å²) in [6, 6.07) is 0. The number of carbonyl (C=O) groups is 2. The minimum absolute atomic E-state index is 0.0760. The van der Waals surface area contributed by atoms with E-state index in [0.29, 0.717) is 25.7 Å². The number of alkyl halides is 12. The molecule has 4 atom stereocenters. The Hall–Kier alpha value is -2.18. The third-order valence-corrected chi connectivity index (χ3v) is 10.8. The standard InChI is InChI=1S/C29H36F12O7/c1-4-21(2,3)19(42)47-22-9-14-5-15(10-22)12-23(11-14,13-22)48-20(43)46-18-7-16(24(44,26(30,31)32)27(33,34)35)6-17(8-18)25(45,28(36,37)38)29(39,40)41/h14-18,44-45H,4-13H2,1-3H3. The first-order chi connectivity index (χ1) is 21.4. The van der Waals surface area contributed by atoms with E-state index >= 15 is 0 Å². The molecule has 5 aliphatic rings. The summed E-state index contributed by atoms with van der Waals surface area (Å²) in [6.45, 7) is 5.07. The van der Waals surface area contributed by atoms with Crippen molar-refractivity contribution >= 4 is 12.1 Å². The van der Waals surface area contributed by atoms with E-state index in [1.807, 2.05) is 0 Å². The van der Waals surface area contributed by atoms with Gasteiger partial charge in [0.2, 0.25) is 0 Å². The van der Waals surface area contributed by atoms with Gasteiger partial charge in [0.25, 0.3) is 11.2 Å². The van der Waals surface area contributed by atoms with Crippen LogP contribution in [-0.4, -0.2) is 75.6 Å². The Bertz CT molecular complexity index is 1150. The van der Waals surface area contributed by atoms with Crippen molar-refractivity contribution in [1.29, 1.82) is 0 Å². The van der Waals surface area contributed by atoms with Crippen LogP contribution in [0, 0.1) is 29.1 Å². The van der Waals surface area contributed by atoms with Gasteiger partial charge in [-0.05, 0) is 83.5 Å². The predicted molar refractivity (Wildman–Crippen MR) is 137 cm³/mol. The van der Waals surface area contributed by atoms with Gasteiger partial charge in [-0.15, -0.1) is 0 Å². The van der Waals surface area contributed by atoms with Crippen molar-refractivity contribution in [2.24, 2.45) is 29.1 Å². The van der Waals surface area contributed by atoms with Crippen LogP contribution in [0.2, 0.25) is 0 Å². The molecule has 0 aliphatic heterocycles. The number of aliphatic hydroxyl groups is 2. The number of hydrogen-bond acceptors (Lipinski definition) is 7. The monoisotopic (exact) mass is 724 g/mol. The maximum Gasteiger partial charge on any atom is 0.509 e. The van der Waals surface area contributed by atoms with Gasteiger partial charge in [-0.1, -0.05) is 6.92 Å². The van der Waals surface area contributed by atoms with Crippen molar-refractivity contribution in [1.82, 2.24) is 0 Å². The maximum absolute atomic E-state index is 13.7. The molecule has 48 heavy (non-hydrogen) atoms. The summed E-state index contributed by atoms with van der Waals surface area (Å²) in [5.41, 5.74) is -15.1. The molecular formula is C29H36F12O7. The number of esters is 1. The lowest BCUT2D eigenvalue weighted by molar-refractivity contribution is -0.405. The average molecular weight is 725 g/mol. The van der Waals surface area contributed by atoms with Gasteiger partial charge in [0.15, 0.2) is 0 Å². The quantitative estimate of drug-likeness (QED) is 0.205. The van der Waals surface area contributed by atoms with E-state index in [1.54, 1.807) is 20.8 Å². The van der Waals surface area contributed by atoms with Gasteiger partial charge in [-0.2, -0.15) is 52.7 Å². The zero-order valence-electron chi connectivity index (χ0n) is 25.9. The summed E-state index contributed by atoms with van der Waals surface area (Å²) < 4.78 is 181. The minimum Gasteiger partial charge on any atom is -0.458 e. The molecule has 5 rings (SSSR count). The van der Waals surface area contributed by atoms with Crippen LogP contribution in [0.4, 0.5) is 57.5 Å². The second kappa shape index (κ2) is 11.7. The molecule has 4 unspecified atom stereocenters. The zero-order valence-corrected chi connectivity index (χ0v) is 25.9. The van der Waals surface area contributed by atoms with Gasteiger partial charge in [0.05, 0.1) is 5.41 Å². The fourth-order valence-corrected chi connectivity index (χ4v) is 8.44. The number of hydrogen-bond donors (Lipinski definition) is 2. The Balaban J connectivity index is 1.64. The Labute approximate surface area is 266 Å². The van der Waals surface area contributed by atoms with Gasteiger partial charge in [-0.3, -0.25) is 4.79 Å². The predicted octanol–water partition coefficient (Wildman–Crippen LogP) is 7.71. The number of ether oxygens (including phenoxy) is 3. The van der Waals surface area contributed by atoms with Crippen LogP contribution in [0.15, 0.2) is 0 Å². The van der Waals surface area contributed by atoms with Crippen LogP contribution in [0.1, 0.15) is 85.0 Å². The molecule has 5 aliphatic carbocycles. The van der Waals surface area contributed by atoms with Gasteiger partial charge in [-0.25, -0.2) is 4.79 Å². The van der Waals surface area contributed by atoms with Crippen molar-refractivity contribution in [3.05, 3.63) is 0 Å². The molecule has 0 aromatic rings. The van der Waals surface area contributed by atoms with E-state index in [2.05, 4.69) is 0 Å². The minimum atomic E-state index is -6.66. The average Bonchev–Trinajstić information content (AvgIpc) is 2.87. The highest BCUT2D eigenvalue weighted by molar-refractivity contribution is 5.76. The van der Waals surface area contributed by atoms with E-state index in [-0.39, 0.29) is 31.1 Å². The largest absolute Gasteiger partial charge is 0.509 e. The number of halogens is 12. The van der Waals surface area contributed by atoms with E-state index in [1.165, 1.54) is 0 Å². The molecule has 0 aromatic heterocycles. The van der Waals surface area contributed by atoms with Crippen molar-refractivity contribution in [3.63, 3.8) is 0 Å². The Kier molecular flexibility index (Phi) is 9.40. The van der Waals surface area contributed by atoms with Crippen LogP contribution in [0.25, 0.3) is 0 Å². The molecule has 5 fully saturated rings. The first-order valence-electron chi connectivity index (χ1n) is 15.3. The first-order valence-corrected chi connectivity index (χ1v) is 15.3. The molecule has 7 nitrogen and oxygen atoms in total. The zero-order chi connectivity index (χ0) is 36.7. The van der Waals surface area contributed by atoms with Crippen LogP contribution >= 0.6 is 0 Å². The molecule has 5 saturated carbocycles. The summed E-state index contributed by atoms with van der Waals surface area (Å²) in [4.78, 5) is 26.0. The molecule has 0 amide bonds. The SMILES string of the molecule is CCC(C)(C)C(=O)OC12CC3CC(CC(OC(=O)OC4CC(C(O)(C(F)(F)F)C(F)(F)F)CC(C(O)(C(F)(F)F)C(F)(F)F)C4)(C3)C1)C2. The summed E-state index contributed by atoms with van der Waals surface area (Å²) in [5.74, 6) is -7.79. The molecule has 278 valence electrons. The molecule has 0 saturated heterocycles. The van der Waals surface area contributed by atoms with Crippen molar-refractivity contribution in [2.45, 2.75) is 138 Å². The molecule has 4 bridgehead atoms. The third kappa shape index (κ3) is 6.54. The summed E-state index contributed by atoms with van der Waals surface area (Å²) in [5, 5.41) is 19.9. The molecule has 0 aromatic carbocycles. The number of rotatable bonds is 7. The lowest BCUT2D eigenvalue weighted by Crippen LogP contribution is -2.67. The Morgan fingerprint density at radius 2 is 1.02 bits per heavy atom. The topological polar surface area (TPSA) is 102 Å². The van der Waals surface area contributed by atoms with Gasteiger partial charge in [0, 0.05) is 18.3 Å². The third-order valence-electron chi connectivity index (χ3n) is 10.8. The van der Waals surface area contributed by atoms with Gasteiger partial charge < -0.3 is 24.4 Å². The fraction of sp³-hybridized carbons (Fsp3) is 0.931. The van der Waals surface area contributed by atoms with Crippen LogP contribution in [0.3, 0.4) is 0 Å². The lowest BCUT2D eigenvalue weighted by Gasteiger charge is -2.60. The van der Waals surface area contributed by atoms with Gasteiger partial charge >= 0.3 is 36.8 Å².